The number of hydrogen-bond donors (Lipinski definition) is 4. The van der Waals surface area contributed by atoms with E-state index in [4.69, 9.17) is 29.7 Å². The first kappa shape index (κ1) is 38.0. The van der Waals surface area contributed by atoms with Gasteiger partial charge in [-0.2, -0.15) is 16.8 Å². The summed E-state index contributed by atoms with van der Waals surface area (Å²) in [5.74, 6) is 2.12. The first-order chi connectivity index (χ1) is 20.5. The third-order valence-corrected chi connectivity index (χ3v) is 5.22. The number of hydrogen-bond acceptors (Lipinski definition) is 9. The number of carbonyl (C=O) groups is 1. The lowest BCUT2D eigenvalue weighted by molar-refractivity contribution is 0.0979. The Labute approximate surface area is 259 Å². The van der Waals surface area contributed by atoms with Crippen LogP contribution in [0.25, 0.3) is 0 Å². The molecule has 44 heavy (non-hydrogen) atoms. The number of pyridine rings is 1. The summed E-state index contributed by atoms with van der Waals surface area (Å²) >= 11 is 0. The number of ether oxygens (including phenoxy) is 2. The molecule has 0 atom stereocenters. The average Bonchev–Trinajstić information content (AvgIpc) is 2.92. The number of nitrogens with two attached hydrogens (primary N) is 1. The minimum atomic E-state index is -3.67. The summed E-state index contributed by atoms with van der Waals surface area (Å²) in [6.45, 7) is 5.17. The lowest BCUT2D eigenvalue weighted by Crippen LogP contribution is -2.37. The molecule has 3 aromatic rings. The molecule has 0 aliphatic rings. The molecule has 0 saturated heterocycles. The van der Waals surface area contributed by atoms with E-state index in [9.17, 15) is 21.6 Å². The SMILES string of the molecule is CC(C)N(C(=O)c1ccc(OCCCCCOc2ccc(C(=N)N)cc2)cc1)c1ccccn1.CS(=O)(=O)O.CS(=O)(=O)O. The molecule has 5 N–H and O–H groups in total. The summed E-state index contributed by atoms with van der Waals surface area (Å²) in [7, 11) is -7.33. The predicted molar refractivity (Wildman–Crippen MR) is 170 cm³/mol. The minimum Gasteiger partial charge on any atom is -0.494 e. The van der Waals surface area contributed by atoms with Gasteiger partial charge >= 0.3 is 0 Å². The number of rotatable bonds is 12. The molecule has 242 valence electrons. The van der Waals surface area contributed by atoms with Crippen molar-refractivity contribution in [2.45, 2.75) is 39.2 Å². The van der Waals surface area contributed by atoms with Gasteiger partial charge in [-0.25, -0.2) is 4.98 Å². The van der Waals surface area contributed by atoms with Crippen LogP contribution in [0.1, 0.15) is 49.0 Å². The molecule has 0 unspecified atom stereocenters. The van der Waals surface area contributed by atoms with Crippen LogP contribution in [0.5, 0.6) is 11.5 Å². The first-order valence-corrected chi connectivity index (χ1v) is 17.0. The zero-order chi connectivity index (χ0) is 33.3. The maximum absolute atomic E-state index is 13.0. The van der Waals surface area contributed by atoms with Gasteiger partial charge in [0.05, 0.1) is 25.7 Å². The second kappa shape index (κ2) is 18.6. The first-order valence-electron chi connectivity index (χ1n) is 13.4. The van der Waals surface area contributed by atoms with Gasteiger partial charge < -0.3 is 15.2 Å². The Morgan fingerprint density at radius 1 is 0.818 bits per heavy atom. The van der Waals surface area contributed by atoms with Gasteiger partial charge in [0.1, 0.15) is 23.2 Å². The van der Waals surface area contributed by atoms with Crippen LogP contribution in [0.15, 0.2) is 72.9 Å². The maximum Gasteiger partial charge on any atom is 0.261 e. The van der Waals surface area contributed by atoms with E-state index in [-0.39, 0.29) is 17.8 Å². The molecule has 0 bridgehead atoms. The summed E-state index contributed by atoms with van der Waals surface area (Å²) in [6.07, 6.45) is 5.93. The van der Waals surface area contributed by atoms with Crippen molar-refractivity contribution < 1.29 is 40.2 Å². The third-order valence-electron chi connectivity index (χ3n) is 5.22. The summed E-state index contributed by atoms with van der Waals surface area (Å²) in [6, 6.07) is 20.0. The number of amides is 1. The Balaban J connectivity index is 0.000000837. The van der Waals surface area contributed by atoms with E-state index in [0.29, 0.717) is 42.7 Å². The molecule has 0 fully saturated rings. The summed E-state index contributed by atoms with van der Waals surface area (Å²) < 4.78 is 63.3. The molecule has 0 aliphatic heterocycles. The Kier molecular flexibility index (Phi) is 16.0. The van der Waals surface area contributed by atoms with E-state index < -0.39 is 20.2 Å². The molecular weight excluding hydrogens is 612 g/mol. The number of aromatic nitrogens is 1. The quantitative estimate of drug-likeness (QED) is 0.0948. The highest BCUT2D eigenvalue weighted by Crippen LogP contribution is 2.20. The molecule has 0 aliphatic carbocycles. The van der Waals surface area contributed by atoms with E-state index >= 15 is 0 Å². The maximum atomic E-state index is 13.0. The van der Waals surface area contributed by atoms with Gasteiger partial charge in [-0.05, 0) is 93.8 Å². The fourth-order valence-corrected chi connectivity index (χ4v) is 3.42. The van der Waals surface area contributed by atoms with Gasteiger partial charge in [0.25, 0.3) is 26.1 Å². The van der Waals surface area contributed by atoms with Crippen LogP contribution in [-0.2, 0) is 20.2 Å². The molecule has 0 radical (unpaired) electrons. The van der Waals surface area contributed by atoms with E-state index in [2.05, 4.69) is 4.98 Å². The molecule has 1 aromatic heterocycles. The lowest BCUT2D eigenvalue weighted by Gasteiger charge is -2.25. The Morgan fingerprint density at radius 2 is 1.25 bits per heavy atom. The van der Waals surface area contributed by atoms with Gasteiger partial charge in [-0.3, -0.25) is 24.2 Å². The van der Waals surface area contributed by atoms with Gasteiger partial charge in [0.15, 0.2) is 0 Å². The van der Waals surface area contributed by atoms with Crippen molar-refractivity contribution in [2.75, 3.05) is 30.6 Å². The zero-order valence-electron chi connectivity index (χ0n) is 25.1. The second-order valence-electron chi connectivity index (χ2n) is 9.64. The highest BCUT2D eigenvalue weighted by molar-refractivity contribution is 7.85. The number of nitrogen functional groups attached to an aromatic ring is 1. The molecule has 0 saturated carbocycles. The number of amidine groups is 1. The molecule has 13 nitrogen and oxygen atoms in total. The van der Waals surface area contributed by atoms with Gasteiger partial charge in [0, 0.05) is 23.4 Å². The molecule has 1 heterocycles. The fraction of sp³-hybridized carbons (Fsp3) is 0.345. The van der Waals surface area contributed by atoms with Crippen LogP contribution in [0.4, 0.5) is 5.82 Å². The summed E-state index contributed by atoms with van der Waals surface area (Å²) in [4.78, 5) is 19.0. The Morgan fingerprint density at radius 3 is 1.61 bits per heavy atom. The monoisotopic (exact) mass is 652 g/mol. The number of carbonyl (C=O) groups excluding carboxylic acids is 1. The standard InChI is InChI=1S/C27H32N4O3.2CH4O3S/c1-20(2)31(25-8-4-5-17-30-25)27(32)22-11-15-24(16-12-22)34-19-7-3-6-18-33-23-13-9-21(10-14-23)26(28)29;2*1-5(2,3)4/h4-5,8-17,20H,3,6-7,18-19H2,1-2H3,(H3,28,29);2*1H3,(H,2,3,4). The highest BCUT2D eigenvalue weighted by Gasteiger charge is 2.21. The number of nitrogens with zero attached hydrogens (tertiary/aromatic N) is 2. The number of anilines is 1. The van der Waals surface area contributed by atoms with E-state index in [1.807, 2.05) is 56.3 Å². The minimum absolute atomic E-state index is 0.0118. The van der Waals surface area contributed by atoms with E-state index in [1.54, 1.807) is 35.4 Å². The van der Waals surface area contributed by atoms with Crippen molar-refractivity contribution in [3.63, 3.8) is 0 Å². The normalized spacial score (nSPS) is 10.9. The predicted octanol–water partition coefficient (Wildman–Crippen LogP) is 4.06. The number of benzene rings is 2. The molecule has 2 aromatic carbocycles. The fourth-order valence-electron chi connectivity index (χ4n) is 3.42. The molecule has 1 amide bonds. The van der Waals surface area contributed by atoms with Crippen molar-refractivity contribution in [1.29, 1.82) is 5.41 Å². The van der Waals surface area contributed by atoms with Crippen LogP contribution in [0, 0.1) is 5.41 Å². The molecule has 0 spiro atoms. The third kappa shape index (κ3) is 17.8. The van der Waals surface area contributed by atoms with Gasteiger partial charge in [-0.1, -0.05) is 6.07 Å². The van der Waals surface area contributed by atoms with Crippen LogP contribution in [0.2, 0.25) is 0 Å². The van der Waals surface area contributed by atoms with Crippen molar-refractivity contribution in [1.82, 2.24) is 4.98 Å². The largest absolute Gasteiger partial charge is 0.494 e. The van der Waals surface area contributed by atoms with Crippen LogP contribution in [-0.4, -0.2) is 74.4 Å². The van der Waals surface area contributed by atoms with Crippen molar-refractivity contribution in [2.24, 2.45) is 5.73 Å². The summed E-state index contributed by atoms with van der Waals surface area (Å²) in [5.41, 5.74) is 6.74. The Bertz CT molecular complexity index is 1470. The van der Waals surface area contributed by atoms with Gasteiger partial charge in [-0.15, -0.1) is 0 Å². The number of unbranched alkanes of at least 4 members (excludes halogenated alkanes) is 2. The van der Waals surface area contributed by atoms with E-state index in [1.165, 1.54) is 0 Å². The molecular formula is C29H40N4O9S2. The highest BCUT2D eigenvalue weighted by atomic mass is 32.2. The summed E-state index contributed by atoms with van der Waals surface area (Å²) in [5, 5.41) is 7.40. The topological polar surface area (TPSA) is 210 Å². The smallest absolute Gasteiger partial charge is 0.261 e. The van der Waals surface area contributed by atoms with Crippen molar-refractivity contribution >= 4 is 37.8 Å². The molecule has 3 rings (SSSR count). The lowest BCUT2D eigenvalue weighted by atomic mass is 10.1. The Hall–Kier alpha value is -4.05. The van der Waals surface area contributed by atoms with Crippen LogP contribution < -0.4 is 20.1 Å². The second-order valence-corrected chi connectivity index (χ2v) is 12.6. The average molecular weight is 653 g/mol. The van der Waals surface area contributed by atoms with Crippen LogP contribution >= 0.6 is 0 Å². The van der Waals surface area contributed by atoms with Crippen molar-refractivity contribution in [3.05, 3.63) is 84.1 Å². The molecule has 15 heteroatoms. The zero-order valence-corrected chi connectivity index (χ0v) is 26.7. The number of nitrogens with one attached hydrogen (secondary N) is 1. The van der Waals surface area contributed by atoms with Gasteiger partial charge in [0.2, 0.25) is 0 Å². The van der Waals surface area contributed by atoms with Crippen molar-refractivity contribution in [3.8, 4) is 11.5 Å². The van der Waals surface area contributed by atoms with E-state index in [0.717, 1.165) is 30.8 Å². The van der Waals surface area contributed by atoms with Crippen LogP contribution in [0.3, 0.4) is 0 Å².